The molecule has 0 bridgehead atoms. The lowest BCUT2D eigenvalue weighted by Crippen LogP contribution is -2.42. The van der Waals surface area contributed by atoms with E-state index in [1.807, 2.05) is 0 Å². The predicted octanol–water partition coefficient (Wildman–Crippen LogP) is 2.18. The lowest BCUT2D eigenvalue weighted by Gasteiger charge is -2.23. The zero-order valence-corrected chi connectivity index (χ0v) is 14.4. The van der Waals surface area contributed by atoms with Crippen molar-refractivity contribution in [1.82, 2.24) is 0 Å². The van der Waals surface area contributed by atoms with E-state index in [9.17, 15) is 10.2 Å². The summed E-state index contributed by atoms with van der Waals surface area (Å²) >= 11 is 0. The highest BCUT2D eigenvalue weighted by Gasteiger charge is 2.40. The van der Waals surface area contributed by atoms with Crippen LogP contribution in [0.1, 0.15) is 58.3 Å². The number of ether oxygens (including phenoxy) is 2. The Morgan fingerprint density at radius 2 is 1.83 bits per heavy atom. The summed E-state index contributed by atoms with van der Waals surface area (Å²) < 4.78 is 10.9. The van der Waals surface area contributed by atoms with Crippen LogP contribution in [0.2, 0.25) is 0 Å². The molecule has 1 saturated heterocycles. The van der Waals surface area contributed by atoms with Crippen molar-refractivity contribution in [1.29, 1.82) is 0 Å². The largest absolute Gasteiger partial charge is 0.394 e. The molecule has 1 heterocycles. The lowest BCUT2D eigenvalue weighted by atomic mass is 10.1. The van der Waals surface area contributed by atoms with Crippen LogP contribution in [0.15, 0.2) is 12.2 Å². The summed E-state index contributed by atoms with van der Waals surface area (Å²) in [6.07, 6.45) is 11.0. The van der Waals surface area contributed by atoms with Gasteiger partial charge in [-0.05, 0) is 25.7 Å². The molecule has 1 fully saturated rings. The first-order valence-electron chi connectivity index (χ1n) is 9.05. The fourth-order valence-corrected chi connectivity index (χ4v) is 2.78. The van der Waals surface area contributed by atoms with Gasteiger partial charge in [-0.25, -0.2) is 0 Å². The number of hydrogen-bond donors (Lipinski definition) is 3. The molecule has 136 valence electrons. The fraction of sp³-hybridized carbons (Fsp3) is 0.889. The average Bonchev–Trinajstić information content (AvgIpc) is 2.93. The highest BCUT2D eigenvalue weighted by molar-refractivity contribution is 4.89. The first kappa shape index (κ1) is 20.6. The monoisotopic (exact) mass is 330 g/mol. The van der Waals surface area contributed by atoms with E-state index in [0.717, 1.165) is 19.3 Å². The molecular weight excluding hydrogens is 296 g/mol. The maximum atomic E-state index is 9.81. The van der Waals surface area contributed by atoms with Crippen molar-refractivity contribution in [2.75, 3.05) is 19.8 Å². The Hall–Kier alpha value is -0.460. The third kappa shape index (κ3) is 8.27. The van der Waals surface area contributed by atoms with Gasteiger partial charge in [-0.3, -0.25) is 0 Å². The van der Waals surface area contributed by atoms with Gasteiger partial charge in [0.05, 0.1) is 13.2 Å². The van der Waals surface area contributed by atoms with E-state index in [1.165, 1.54) is 32.1 Å². The Kier molecular flexibility index (Phi) is 11.5. The number of unbranched alkanes of at least 4 members (excludes halogenated alkanes) is 6. The van der Waals surface area contributed by atoms with Gasteiger partial charge in [0.1, 0.15) is 24.4 Å². The molecule has 5 nitrogen and oxygen atoms in total. The molecule has 1 aliphatic rings. The maximum Gasteiger partial charge on any atom is 0.114 e. The van der Waals surface area contributed by atoms with Crippen LogP contribution in [0.25, 0.3) is 0 Å². The second-order valence-corrected chi connectivity index (χ2v) is 6.27. The molecule has 0 aromatic rings. The third-order valence-corrected chi connectivity index (χ3v) is 4.20. The van der Waals surface area contributed by atoms with Crippen molar-refractivity contribution in [2.24, 2.45) is 0 Å². The second-order valence-electron chi connectivity index (χ2n) is 6.27. The quantitative estimate of drug-likeness (QED) is 0.356. The molecule has 0 unspecified atom stereocenters. The van der Waals surface area contributed by atoms with Crippen molar-refractivity contribution < 1.29 is 24.8 Å². The van der Waals surface area contributed by atoms with Gasteiger partial charge in [0.2, 0.25) is 0 Å². The van der Waals surface area contributed by atoms with Crippen molar-refractivity contribution in [3.8, 4) is 0 Å². The lowest BCUT2D eigenvalue weighted by molar-refractivity contribution is -0.0935. The van der Waals surface area contributed by atoms with Crippen LogP contribution < -0.4 is 0 Å². The van der Waals surface area contributed by atoms with Gasteiger partial charge in [-0.1, -0.05) is 44.8 Å². The number of aliphatic hydroxyl groups is 3. The molecule has 1 aliphatic heterocycles. The van der Waals surface area contributed by atoms with E-state index in [0.29, 0.717) is 6.61 Å². The number of allylic oxidation sites excluding steroid dienone is 2. The van der Waals surface area contributed by atoms with Gasteiger partial charge in [0, 0.05) is 6.61 Å². The summed E-state index contributed by atoms with van der Waals surface area (Å²) in [5.74, 6) is 0. The minimum absolute atomic E-state index is 0.143. The number of hydrogen-bond acceptors (Lipinski definition) is 5. The Bertz CT molecular complexity index is 308. The molecule has 0 aromatic heterocycles. The van der Waals surface area contributed by atoms with E-state index in [2.05, 4.69) is 19.1 Å². The molecule has 23 heavy (non-hydrogen) atoms. The summed E-state index contributed by atoms with van der Waals surface area (Å²) in [7, 11) is 0. The van der Waals surface area contributed by atoms with E-state index in [1.54, 1.807) is 0 Å². The van der Waals surface area contributed by atoms with E-state index < -0.39 is 31.0 Å². The Balaban J connectivity index is 2.05. The first-order chi connectivity index (χ1) is 11.2. The summed E-state index contributed by atoms with van der Waals surface area (Å²) in [6, 6.07) is 0. The second kappa shape index (κ2) is 12.9. The highest BCUT2D eigenvalue weighted by Crippen LogP contribution is 2.21. The van der Waals surface area contributed by atoms with Gasteiger partial charge in [0.15, 0.2) is 0 Å². The Labute approximate surface area is 140 Å². The molecule has 5 heteroatoms. The minimum Gasteiger partial charge on any atom is -0.394 e. The molecule has 0 amide bonds. The van der Waals surface area contributed by atoms with Gasteiger partial charge in [0.25, 0.3) is 0 Å². The Morgan fingerprint density at radius 1 is 1.13 bits per heavy atom. The Morgan fingerprint density at radius 3 is 2.52 bits per heavy atom. The summed E-state index contributed by atoms with van der Waals surface area (Å²) in [4.78, 5) is 0. The van der Waals surface area contributed by atoms with Gasteiger partial charge >= 0.3 is 0 Å². The van der Waals surface area contributed by atoms with Gasteiger partial charge in [-0.15, -0.1) is 0 Å². The van der Waals surface area contributed by atoms with Crippen LogP contribution in [0.3, 0.4) is 0 Å². The smallest absolute Gasteiger partial charge is 0.114 e. The molecule has 0 radical (unpaired) electrons. The van der Waals surface area contributed by atoms with Crippen molar-refractivity contribution in [3.05, 3.63) is 12.2 Å². The fourth-order valence-electron chi connectivity index (χ4n) is 2.78. The van der Waals surface area contributed by atoms with Gasteiger partial charge in [-0.2, -0.15) is 0 Å². The van der Waals surface area contributed by atoms with E-state index >= 15 is 0 Å². The molecule has 0 saturated carbocycles. The van der Waals surface area contributed by atoms with E-state index in [-0.39, 0.29) is 6.61 Å². The molecule has 0 aliphatic carbocycles. The van der Waals surface area contributed by atoms with Crippen LogP contribution in [0.5, 0.6) is 0 Å². The van der Waals surface area contributed by atoms with Crippen molar-refractivity contribution in [3.63, 3.8) is 0 Å². The van der Waals surface area contributed by atoms with Crippen molar-refractivity contribution in [2.45, 2.75) is 82.7 Å². The number of rotatable bonds is 13. The molecule has 1 rings (SSSR count). The van der Waals surface area contributed by atoms with Gasteiger partial charge < -0.3 is 24.8 Å². The highest BCUT2D eigenvalue weighted by atomic mass is 16.6. The van der Waals surface area contributed by atoms with Crippen LogP contribution in [0.4, 0.5) is 0 Å². The third-order valence-electron chi connectivity index (χ3n) is 4.20. The summed E-state index contributed by atoms with van der Waals surface area (Å²) in [5.41, 5.74) is 0. The molecule has 3 N–H and O–H groups in total. The molecule has 0 spiro atoms. The standard InChI is InChI=1S/C18H34O5/c1-2-3-4-5-6-7-8-9-10-11-12-22-18-16(21)14-23-17(18)15(20)13-19/h8-9,15-21H,2-7,10-14H2,1H3/b9-8+/t15-,16+,17-,18-/m0/s1. The van der Waals surface area contributed by atoms with Crippen LogP contribution in [-0.4, -0.2) is 59.6 Å². The zero-order chi connectivity index (χ0) is 16.9. The normalized spacial score (nSPS) is 26.2. The van der Waals surface area contributed by atoms with Crippen LogP contribution in [-0.2, 0) is 9.47 Å². The topological polar surface area (TPSA) is 79.2 Å². The SMILES string of the molecule is CCCCCCC/C=C/CCCO[C@@H]1[C@H]([C@@H](O)CO)OC[C@H]1O. The van der Waals surface area contributed by atoms with Crippen LogP contribution >= 0.6 is 0 Å². The molecule has 4 atom stereocenters. The molecular formula is C18H34O5. The first-order valence-corrected chi connectivity index (χ1v) is 9.05. The van der Waals surface area contributed by atoms with Crippen molar-refractivity contribution >= 4 is 0 Å². The zero-order valence-electron chi connectivity index (χ0n) is 14.4. The summed E-state index contributed by atoms with van der Waals surface area (Å²) in [6.45, 7) is 2.49. The average molecular weight is 330 g/mol. The van der Waals surface area contributed by atoms with Crippen LogP contribution in [0, 0.1) is 0 Å². The molecule has 0 aromatic carbocycles. The summed E-state index contributed by atoms with van der Waals surface area (Å²) in [5, 5.41) is 28.4. The predicted molar refractivity (Wildman–Crippen MR) is 90.3 cm³/mol. The maximum absolute atomic E-state index is 9.81. The minimum atomic E-state index is -1.01. The number of aliphatic hydroxyl groups excluding tert-OH is 3. The van der Waals surface area contributed by atoms with E-state index in [4.69, 9.17) is 14.6 Å².